The standard InChI is InChI=1S/C32H36ClF3N6O6/c1-4-47-29(44)31-18-19(31)9-7-5-6-8-14-41(2)30(45)37-21(28(43)39-31)13-16-48-23-17-25(42-15-12-24(40-42)32(34,35)36)38-27-20(23)10-11-22(46-3)26(27)33/h7,9-12,15,17,19,21H,4-6,8,13-14,16,18H2,1-3H3,(H,37,45)(H,39,43)/t19-,21+,31-/m1/s1. The fraction of sp³-hybridized carbons (Fsp3) is 0.469. The second-order valence-electron chi connectivity index (χ2n) is 11.6. The number of methoxy groups -OCH3 is 1. The molecular weight excluding hydrogens is 657 g/mol. The highest BCUT2D eigenvalue weighted by molar-refractivity contribution is 6.36. The molecule has 2 aromatic heterocycles. The lowest BCUT2D eigenvalue weighted by atomic mass is 10.1. The number of nitrogens with one attached hydrogen (secondary N) is 2. The molecule has 5 rings (SSSR count). The number of ether oxygens (including phenoxy) is 3. The zero-order valence-electron chi connectivity index (χ0n) is 26.6. The summed E-state index contributed by atoms with van der Waals surface area (Å²) in [5, 5.41) is 9.72. The molecule has 1 aliphatic heterocycles. The van der Waals surface area contributed by atoms with E-state index in [1.165, 1.54) is 18.1 Å². The first-order valence-corrected chi connectivity index (χ1v) is 15.9. The Hall–Kier alpha value is -4.53. The van der Waals surface area contributed by atoms with Gasteiger partial charge in [-0.25, -0.2) is 19.3 Å². The largest absolute Gasteiger partial charge is 0.495 e. The van der Waals surface area contributed by atoms with Crippen LogP contribution in [0.25, 0.3) is 16.7 Å². The lowest BCUT2D eigenvalue weighted by molar-refractivity contribution is -0.149. The summed E-state index contributed by atoms with van der Waals surface area (Å²) in [5.41, 5.74) is -2.17. The molecule has 3 aromatic rings. The predicted molar refractivity (Wildman–Crippen MR) is 169 cm³/mol. The summed E-state index contributed by atoms with van der Waals surface area (Å²) in [5.74, 6) is -0.938. The van der Waals surface area contributed by atoms with Crippen LogP contribution >= 0.6 is 11.6 Å². The number of pyridine rings is 1. The minimum atomic E-state index is -4.67. The van der Waals surface area contributed by atoms with Gasteiger partial charge in [0.15, 0.2) is 11.5 Å². The molecule has 1 fully saturated rings. The molecule has 1 aromatic carbocycles. The van der Waals surface area contributed by atoms with E-state index < -0.39 is 41.4 Å². The van der Waals surface area contributed by atoms with Crippen LogP contribution in [0.15, 0.2) is 42.6 Å². The summed E-state index contributed by atoms with van der Waals surface area (Å²) in [7, 11) is 3.04. The van der Waals surface area contributed by atoms with Crippen molar-refractivity contribution in [3.63, 3.8) is 0 Å². The van der Waals surface area contributed by atoms with Crippen molar-refractivity contribution < 1.29 is 41.8 Å². The fourth-order valence-electron chi connectivity index (χ4n) is 5.50. The Morgan fingerprint density at radius 1 is 1.19 bits per heavy atom. The van der Waals surface area contributed by atoms with Crippen LogP contribution in [0.3, 0.4) is 0 Å². The van der Waals surface area contributed by atoms with Crippen LogP contribution < -0.4 is 20.1 Å². The van der Waals surface area contributed by atoms with E-state index in [1.807, 2.05) is 12.2 Å². The van der Waals surface area contributed by atoms with E-state index >= 15 is 0 Å². The number of fused-ring (bicyclic) bond motifs is 2. The van der Waals surface area contributed by atoms with E-state index in [2.05, 4.69) is 20.7 Å². The quantitative estimate of drug-likeness (QED) is 0.247. The Bertz CT molecular complexity index is 1720. The van der Waals surface area contributed by atoms with Gasteiger partial charge in [-0.05, 0) is 50.8 Å². The maximum Gasteiger partial charge on any atom is 0.435 e. The molecule has 0 radical (unpaired) electrons. The number of alkyl halides is 3. The van der Waals surface area contributed by atoms with Gasteiger partial charge in [-0.1, -0.05) is 23.8 Å². The van der Waals surface area contributed by atoms with Gasteiger partial charge in [0.25, 0.3) is 0 Å². The van der Waals surface area contributed by atoms with E-state index in [0.717, 1.165) is 36.2 Å². The van der Waals surface area contributed by atoms with E-state index in [4.69, 9.17) is 25.8 Å². The third-order valence-electron chi connectivity index (χ3n) is 8.28. The minimum Gasteiger partial charge on any atom is -0.495 e. The minimum absolute atomic E-state index is 0.0157. The maximum atomic E-state index is 13.7. The van der Waals surface area contributed by atoms with E-state index in [0.29, 0.717) is 18.4 Å². The molecule has 258 valence electrons. The molecule has 0 spiro atoms. The average molecular weight is 693 g/mol. The van der Waals surface area contributed by atoms with Gasteiger partial charge < -0.3 is 29.7 Å². The van der Waals surface area contributed by atoms with Crippen molar-refractivity contribution in [2.24, 2.45) is 5.92 Å². The number of amides is 3. The number of aromatic nitrogens is 3. The molecular formula is C32H36ClF3N6O6. The molecule has 1 saturated carbocycles. The highest BCUT2D eigenvalue weighted by Crippen LogP contribution is 2.46. The summed E-state index contributed by atoms with van der Waals surface area (Å²) < 4.78 is 57.5. The summed E-state index contributed by atoms with van der Waals surface area (Å²) in [6.45, 7) is 2.16. The van der Waals surface area contributed by atoms with Crippen LogP contribution in [0.4, 0.5) is 18.0 Å². The summed E-state index contributed by atoms with van der Waals surface area (Å²) in [6.07, 6.45) is 3.03. The maximum absolute atomic E-state index is 13.7. The molecule has 3 atom stereocenters. The molecule has 0 unspecified atom stereocenters. The predicted octanol–water partition coefficient (Wildman–Crippen LogP) is 5.06. The van der Waals surface area contributed by atoms with Gasteiger partial charge in [0.1, 0.15) is 28.1 Å². The first kappa shape index (κ1) is 34.8. The Morgan fingerprint density at radius 2 is 1.98 bits per heavy atom. The van der Waals surface area contributed by atoms with E-state index in [-0.39, 0.29) is 53.4 Å². The Labute approximate surface area is 279 Å². The van der Waals surface area contributed by atoms with Crippen molar-refractivity contribution in [2.75, 3.05) is 33.9 Å². The topological polar surface area (TPSA) is 137 Å². The first-order valence-electron chi connectivity index (χ1n) is 15.5. The van der Waals surface area contributed by atoms with Gasteiger partial charge in [-0.2, -0.15) is 18.3 Å². The highest BCUT2D eigenvalue weighted by Gasteiger charge is 2.61. The molecule has 3 heterocycles. The molecule has 12 nitrogen and oxygen atoms in total. The van der Waals surface area contributed by atoms with Crippen LogP contribution in [0.2, 0.25) is 5.02 Å². The van der Waals surface area contributed by atoms with Crippen molar-refractivity contribution in [1.29, 1.82) is 0 Å². The molecule has 3 amide bonds. The second kappa shape index (κ2) is 14.3. The number of carbonyl (C=O) groups excluding carboxylic acids is 3. The lowest BCUT2D eigenvalue weighted by Gasteiger charge is -2.26. The van der Waals surface area contributed by atoms with Crippen molar-refractivity contribution >= 4 is 40.4 Å². The first-order chi connectivity index (χ1) is 22.9. The van der Waals surface area contributed by atoms with Crippen LogP contribution in [0, 0.1) is 5.92 Å². The monoisotopic (exact) mass is 692 g/mol. The average Bonchev–Trinajstić information content (AvgIpc) is 3.49. The number of urea groups is 1. The number of rotatable bonds is 8. The van der Waals surface area contributed by atoms with Gasteiger partial charge in [0.2, 0.25) is 5.91 Å². The number of hydrogen-bond donors (Lipinski definition) is 2. The van der Waals surface area contributed by atoms with Crippen LogP contribution in [-0.4, -0.2) is 83.1 Å². The van der Waals surface area contributed by atoms with Crippen LogP contribution in [-0.2, 0) is 20.5 Å². The van der Waals surface area contributed by atoms with Crippen LogP contribution in [0.5, 0.6) is 11.5 Å². The number of benzene rings is 1. The molecule has 16 heteroatoms. The Morgan fingerprint density at radius 3 is 2.69 bits per heavy atom. The summed E-state index contributed by atoms with van der Waals surface area (Å²) in [4.78, 5) is 45.7. The number of allylic oxidation sites excluding steroid dienone is 1. The second-order valence-corrected chi connectivity index (χ2v) is 12.0. The molecule has 2 aliphatic rings. The number of nitrogens with zero attached hydrogens (tertiary/aromatic N) is 4. The summed E-state index contributed by atoms with van der Waals surface area (Å²) in [6, 6.07) is 3.84. The van der Waals surface area contributed by atoms with E-state index in [9.17, 15) is 27.6 Å². The Balaban J connectivity index is 1.43. The van der Waals surface area contributed by atoms with Gasteiger partial charge in [0.05, 0.1) is 25.8 Å². The number of hydrogen-bond acceptors (Lipinski definition) is 8. The zero-order valence-corrected chi connectivity index (χ0v) is 27.4. The fourth-order valence-corrected chi connectivity index (χ4v) is 5.78. The zero-order chi connectivity index (χ0) is 34.6. The van der Waals surface area contributed by atoms with Gasteiger partial charge in [-0.3, -0.25) is 4.79 Å². The number of carbonyl (C=O) groups is 3. The lowest BCUT2D eigenvalue weighted by Crippen LogP contribution is -2.56. The SMILES string of the molecule is CCOC(=O)[C@@]12C[C@H]1C=CCCCCN(C)C(=O)N[C@@H](CCOc1cc(-n3ccc(C(F)(F)F)n3)nc3c(Cl)c(OC)ccc13)C(=O)N2. The third kappa shape index (κ3) is 7.45. The van der Waals surface area contributed by atoms with Gasteiger partial charge >= 0.3 is 18.2 Å². The van der Waals surface area contributed by atoms with Crippen molar-refractivity contribution in [3.8, 4) is 17.3 Å². The molecule has 0 saturated heterocycles. The molecule has 1 aliphatic carbocycles. The van der Waals surface area contributed by atoms with Gasteiger partial charge in [0, 0.05) is 43.6 Å². The third-order valence-corrected chi connectivity index (χ3v) is 8.64. The number of esters is 1. The highest BCUT2D eigenvalue weighted by atomic mass is 35.5. The number of halogens is 4. The van der Waals surface area contributed by atoms with Crippen molar-refractivity contribution in [3.05, 3.63) is 53.3 Å². The molecule has 2 N–H and O–H groups in total. The van der Waals surface area contributed by atoms with Crippen molar-refractivity contribution in [2.45, 2.75) is 56.8 Å². The van der Waals surface area contributed by atoms with E-state index in [1.54, 1.807) is 26.1 Å². The van der Waals surface area contributed by atoms with Gasteiger partial charge in [-0.15, -0.1) is 0 Å². The molecule has 48 heavy (non-hydrogen) atoms. The Kier molecular flexibility index (Phi) is 10.4. The summed E-state index contributed by atoms with van der Waals surface area (Å²) >= 11 is 6.54. The molecule has 0 bridgehead atoms. The normalized spacial score (nSPS) is 21.9. The smallest absolute Gasteiger partial charge is 0.435 e. The van der Waals surface area contributed by atoms with Crippen molar-refractivity contribution in [1.82, 2.24) is 30.3 Å². The van der Waals surface area contributed by atoms with Crippen LogP contribution in [0.1, 0.15) is 44.7 Å².